The topological polar surface area (TPSA) is 75.3 Å². The van der Waals surface area contributed by atoms with E-state index in [2.05, 4.69) is 10.0 Å². The van der Waals surface area contributed by atoms with Crippen molar-refractivity contribution in [1.82, 2.24) is 0 Å². The van der Waals surface area contributed by atoms with Crippen LogP contribution in [-0.2, 0) is 10.0 Å². The Kier molecular flexibility index (Phi) is 4.87. The Bertz CT molecular complexity index is 1090. The molecule has 2 aromatic carbocycles. The van der Waals surface area contributed by atoms with Crippen molar-refractivity contribution in [1.29, 1.82) is 0 Å². The summed E-state index contributed by atoms with van der Waals surface area (Å²) in [7, 11) is -3.52. The highest BCUT2D eigenvalue weighted by atomic mass is 35.5. The first-order valence-electron chi connectivity index (χ1n) is 7.10. The smallest absolute Gasteiger partial charge is 0.265 e. The Morgan fingerprint density at radius 3 is 2.38 bits per heavy atom. The molecule has 136 valence electrons. The minimum Gasteiger partial charge on any atom is -0.321 e. The normalized spacial score (nSPS) is 11.5. The van der Waals surface area contributed by atoms with Gasteiger partial charge in [-0.2, -0.15) is 0 Å². The van der Waals surface area contributed by atoms with Gasteiger partial charge in [-0.25, -0.2) is 17.2 Å². The van der Waals surface area contributed by atoms with Crippen molar-refractivity contribution in [3.05, 3.63) is 57.9 Å². The molecule has 0 unspecified atom stereocenters. The molecule has 26 heavy (non-hydrogen) atoms. The van der Waals surface area contributed by atoms with Crippen molar-refractivity contribution in [2.24, 2.45) is 0 Å². The predicted octanol–water partition coefficient (Wildman–Crippen LogP) is 4.46. The van der Waals surface area contributed by atoms with Gasteiger partial charge in [-0.05, 0) is 36.4 Å². The van der Waals surface area contributed by atoms with E-state index in [4.69, 9.17) is 11.6 Å². The number of hydrogen-bond donors (Lipinski definition) is 2. The number of carbonyl (C=O) groups is 1. The lowest BCUT2D eigenvalue weighted by Crippen LogP contribution is -2.12. The number of halogens is 3. The first-order chi connectivity index (χ1) is 12.1. The van der Waals surface area contributed by atoms with E-state index in [1.165, 1.54) is 24.3 Å². The van der Waals surface area contributed by atoms with E-state index in [-0.39, 0.29) is 31.4 Å². The number of amides is 1. The molecule has 0 saturated carbocycles. The second kappa shape index (κ2) is 6.82. The van der Waals surface area contributed by atoms with Gasteiger partial charge in [0.05, 0.1) is 21.5 Å². The van der Waals surface area contributed by atoms with E-state index in [9.17, 15) is 22.0 Å². The van der Waals surface area contributed by atoms with E-state index in [0.717, 1.165) is 29.7 Å². The summed E-state index contributed by atoms with van der Waals surface area (Å²) in [6.45, 7) is 0. The van der Waals surface area contributed by atoms with Crippen LogP contribution >= 0.6 is 22.9 Å². The minimum absolute atomic E-state index is 0.0191. The molecule has 3 aromatic rings. The summed E-state index contributed by atoms with van der Waals surface area (Å²) >= 11 is 6.74. The molecule has 1 amide bonds. The third kappa shape index (κ3) is 4.12. The van der Waals surface area contributed by atoms with Crippen molar-refractivity contribution in [3.63, 3.8) is 0 Å². The Hall–Kier alpha value is -2.23. The largest absolute Gasteiger partial charge is 0.321 e. The zero-order valence-corrected chi connectivity index (χ0v) is 15.5. The van der Waals surface area contributed by atoms with E-state index in [1.807, 2.05) is 0 Å². The standard InChI is InChI=1S/C16H11ClF2N2O3S2/c1-26(23,24)21-10-5-8(17)4-9(6-10)20-16(22)14-7-11-12(18)2-3-13(19)15(11)25-14/h2-7,21H,1H3,(H,20,22). The first-order valence-corrected chi connectivity index (χ1v) is 10.2. The van der Waals surface area contributed by atoms with E-state index in [1.54, 1.807) is 0 Å². The first kappa shape index (κ1) is 18.6. The van der Waals surface area contributed by atoms with Crippen LogP contribution in [0.15, 0.2) is 36.4 Å². The molecule has 2 N–H and O–H groups in total. The highest BCUT2D eigenvalue weighted by molar-refractivity contribution is 7.92. The molecule has 0 atom stereocenters. The summed E-state index contributed by atoms with van der Waals surface area (Å²) in [5.41, 5.74) is 0.399. The number of thiophene rings is 1. The molecule has 0 aliphatic carbocycles. The Morgan fingerprint density at radius 2 is 1.73 bits per heavy atom. The van der Waals surface area contributed by atoms with Crippen LogP contribution in [0.5, 0.6) is 0 Å². The van der Waals surface area contributed by atoms with Crippen LogP contribution in [0.3, 0.4) is 0 Å². The second-order valence-corrected chi connectivity index (χ2v) is 8.68. The molecule has 1 heterocycles. The molecule has 3 rings (SSSR count). The summed E-state index contributed by atoms with van der Waals surface area (Å²) < 4.78 is 52.5. The van der Waals surface area contributed by atoms with Gasteiger partial charge in [-0.15, -0.1) is 11.3 Å². The molecule has 0 aliphatic heterocycles. The third-order valence-corrected chi connectivity index (χ3v) is 5.23. The number of sulfonamides is 1. The average molecular weight is 417 g/mol. The second-order valence-electron chi connectivity index (χ2n) is 5.44. The lowest BCUT2D eigenvalue weighted by atomic mass is 10.2. The quantitative estimate of drug-likeness (QED) is 0.659. The number of carbonyl (C=O) groups excluding carboxylic acids is 1. The molecule has 10 heteroatoms. The number of fused-ring (bicyclic) bond motifs is 1. The zero-order valence-electron chi connectivity index (χ0n) is 13.1. The molecule has 0 saturated heterocycles. The van der Waals surface area contributed by atoms with Gasteiger partial charge >= 0.3 is 0 Å². The Labute approximate surface area is 156 Å². The minimum atomic E-state index is -3.52. The number of anilines is 2. The van der Waals surface area contributed by atoms with E-state index < -0.39 is 27.6 Å². The van der Waals surface area contributed by atoms with Gasteiger partial charge in [0.2, 0.25) is 10.0 Å². The molecule has 0 aliphatic rings. The van der Waals surface area contributed by atoms with Crippen LogP contribution in [0.4, 0.5) is 20.2 Å². The van der Waals surface area contributed by atoms with Crippen LogP contribution in [0, 0.1) is 11.6 Å². The van der Waals surface area contributed by atoms with Crippen molar-refractivity contribution >= 4 is 60.3 Å². The van der Waals surface area contributed by atoms with Crippen LogP contribution < -0.4 is 10.0 Å². The summed E-state index contributed by atoms with van der Waals surface area (Å²) in [4.78, 5) is 12.5. The summed E-state index contributed by atoms with van der Waals surface area (Å²) in [5, 5.41) is 2.75. The lowest BCUT2D eigenvalue weighted by molar-refractivity contribution is 0.103. The van der Waals surface area contributed by atoms with Gasteiger partial charge in [0, 0.05) is 16.1 Å². The van der Waals surface area contributed by atoms with Crippen molar-refractivity contribution < 1.29 is 22.0 Å². The summed E-state index contributed by atoms with van der Waals surface area (Å²) in [6, 6.07) is 7.42. The van der Waals surface area contributed by atoms with E-state index >= 15 is 0 Å². The maximum Gasteiger partial charge on any atom is 0.265 e. The SMILES string of the molecule is CS(=O)(=O)Nc1cc(Cl)cc(NC(=O)c2cc3c(F)ccc(F)c3s2)c1. The third-order valence-electron chi connectivity index (χ3n) is 3.26. The maximum absolute atomic E-state index is 13.8. The summed E-state index contributed by atoms with van der Waals surface area (Å²) in [5.74, 6) is -1.84. The molecule has 1 aromatic heterocycles. The Morgan fingerprint density at radius 1 is 1.08 bits per heavy atom. The molecule has 5 nitrogen and oxygen atoms in total. The van der Waals surface area contributed by atoms with Gasteiger partial charge in [0.1, 0.15) is 11.6 Å². The highest BCUT2D eigenvalue weighted by Crippen LogP contribution is 2.31. The fourth-order valence-corrected chi connectivity index (χ4v) is 4.05. The van der Waals surface area contributed by atoms with Gasteiger partial charge < -0.3 is 5.32 Å². The van der Waals surface area contributed by atoms with Crippen LogP contribution in [0.25, 0.3) is 10.1 Å². The van der Waals surface area contributed by atoms with Gasteiger partial charge in [-0.1, -0.05) is 11.6 Å². The van der Waals surface area contributed by atoms with Crippen molar-refractivity contribution in [3.8, 4) is 0 Å². The Balaban J connectivity index is 1.91. The molecule has 0 radical (unpaired) electrons. The predicted molar refractivity (Wildman–Crippen MR) is 99.6 cm³/mol. The van der Waals surface area contributed by atoms with Gasteiger partial charge in [-0.3, -0.25) is 9.52 Å². The molecular weight excluding hydrogens is 406 g/mol. The maximum atomic E-state index is 13.8. The van der Waals surface area contributed by atoms with Gasteiger partial charge in [0.15, 0.2) is 0 Å². The molecule has 0 spiro atoms. The molecule has 0 fully saturated rings. The fraction of sp³-hybridized carbons (Fsp3) is 0.0625. The molecular formula is C16H11ClF2N2O3S2. The molecule has 0 bridgehead atoms. The van der Waals surface area contributed by atoms with Crippen LogP contribution in [0.1, 0.15) is 9.67 Å². The lowest BCUT2D eigenvalue weighted by Gasteiger charge is -2.09. The number of benzene rings is 2. The number of nitrogens with one attached hydrogen (secondary N) is 2. The zero-order chi connectivity index (χ0) is 19.1. The van der Waals surface area contributed by atoms with Gasteiger partial charge in [0.25, 0.3) is 5.91 Å². The van der Waals surface area contributed by atoms with Crippen molar-refractivity contribution in [2.75, 3.05) is 16.3 Å². The monoisotopic (exact) mass is 416 g/mol. The number of hydrogen-bond acceptors (Lipinski definition) is 4. The van der Waals surface area contributed by atoms with Crippen molar-refractivity contribution in [2.45, 2.75) is 0 Å². The fourth-order valence-electron chi connectivity index (χ4n) is 2.30. The number of rotatable bonds is 4. The van der Waals surface area contributed by atoms with E-state index in [0.29, 0.717) is 0 Å². The summed E-state index contributed by atoms with van der Waals surface area (Å²) in [6.07, 6.45) is 0.979. The highest BCUT2D eigenvalue weighted by Gasteiger charge is 2.16. The van der Waals surface area contributed by atoms with Crippen LogP contribution in [0.2, 0.25) is 5.02 Å². The average Bonchev–Trinajstić information content (AvgIpc) is 2.95. The van der Waals surface area contributed by atoms with Crippen LogP contribution in [-0.4, -0.2) is 20.6 Å².